The molecule has 2 nitrogen and oxygen atoms in total. The van der Waals surface area contributed by atoms with Gasteiger partial charge in [0, 0.05) is 24.5 Å². The van der Waals surface area contributed by atoms with Crippen molar-refractivity contribution in [3.05, 3.63) is 59.9 Å². The molecule has 0 aliphatic carbocycles. The van der Waals surface area contributed by atoms with Gasteiger partial charge in [0.15, 0.2) is 5.78 Å². The van der Waals surface area contributed by atoms with Crippen molar-refractivity contribution in [1.29, 1.82) is 0 Å². The molecule has 1 aromatic carbocycles. The topological polar surface area (TPSA) is 22.0 Å². The minimum absolute atomic E-state index is 0.0338. The third-order valence-corrected chi connectivity index (χ3v) is 2.64. The highest BCUT2D eigenvalue weighted by molar-refractivity contribution is 6.30. The number of Topliss-reactive ketones (excluding diaryl/α,β-unsaturated/α-hetero) is 1. The van der Waals surface area contributed by atoms with Gasteiger partial charge in [0.05, 0.1) is 5.88 Å². The normalized spacial score (nSPS) is 10.3. The van der Waals surface area contributed by atoms with Crippen LogP contribution in [0.2, 0.25) is 0 Å². The summed E-state index contributed by atoms with van der Waals surface area (Å²) in [5, 5.41) is 0. The SMILES string of the molecule is O=C(CCl)c1ccn(Cc2ccccc2)c1. The largest absolute Gasteiger partial charge is 0.349 e. The second kappa shape index (κ2) is 4.99. The smallest absolute Gasteiger partial charge is 0.179 e. The van der Waals surface area contributed by atoms with E-state index in [0.717, 1.165) is 6.54 Å². The molecule has 0 N–H and O–H groups in total. The fourth-order valence-corrected chi connectivity index (χ4v) is 1.73. The van der Waals surface area contributed by atoms with Gasteiger partial charge in [-0.2, -0.15) is 0 Å². The molecule has 0 saturated heterocycles. The summed E-state index contributed by atoms with van der Waals surface area (Å²) in [6.45, 7) is 0.774. The van der Waals surface area contributed by atoms with E-state index in [2.05, 4.69) is 12.1 Å². The molecule has 0 fully saturated rings. The molecule has 0 radical (unpaired) electrons. The van der Waals surface area contributed by atoms with Crippen LogP contribution in [0.5, 0.6) is 0 Å². The molecular weight excluding hydrogens is 222 g/mol. The van der Waals surface area contributed by atoms with Gasteiger partial charge in [0.25, 0.3) is 0 Å². The summed E-state index contributed by atoms with van der Waals surface area (Å²) in [5.74, 6) is 0.00324. The molecule has 0 aliphatic heterocycles. The van der Waals surface area contributed by atoms with Gasteiger partial charge in [-0.15, -0.1) is 11.6 Å². The first-order valence-corrected chi connectivity index (χ1v) is 5.62. The van der Waals surface area contributed by atoms with Gasteiger partial charge < -0.3 is 4.57 Å². The van der Waals surface area contributed by atoms with Crippen LogP contribution in [-0.4, -0.2) is 16.2 Å². The predicted octanol–water partition coefficient (Wildman–Crippen LogP) is 2.96. The summed E-state index contributed by atoms with van der Waals surface area (Å²) in [6.07, 6.45) is 3.73. The average molecular weight is 234 g/mol. The number of carbonyl (C=O) groups is 1. The number of nitrogens with zero attached hydrogens (tertiary/aromatic N) is 1. The number of hydrogen-bond acceptors (Lipinski definition) is 1. The Hall–Kier alpha value is -1.54. The van der Waals surface area contributed by atoms with E-state index in [0.29, 0.717) is 5.56 Å². The van der Waals surface area contributed by atoms with Crippen molar-refractivity contribution in [2.75, 3.05) is 5.88 Å². The summed E-state index contributed by atoms with van der Waals surface area (Å²) >= 11 is 5.50. The van der Waals surface area contributed by atoms with Crippen molar-refractivity contribution >= 4 is 17.4 Å². The van der Waals surface area contributed by atoms with Crippen molar-refractivity contribution in [2.45, 2.75) is 6.54 Å². The molecule has 3 heteroatoms. The maximum absolute atomic E-state index is 11.3. The van der Waals surface area contributed by atoms with E-state index < -0.39 is 0 Å². The third kappa shape index (κ3) is 2.52. The van der Waals surface area contributed by atoms with Crippen molar-refractivity contribution in [1.82, 2.24) is 4.57 Å². The number of aromatic nitrogens is 1. The Bertz CT molecular complexity index is 476. The predicted molar refractivity (Wildman–Crippen MR) is 65.0 cm³/mol. The molecule has 2 rings (SSSR count). The lowest BCUT2D eigenvalue weighted by molar-refractivity contribution is 0.102. The van der Waals surface area contributed by atoms with Crippen LogP contribution < -0.4 is 0 Å². The van der Waals surface area contributed by atoms with E-state index in [-0.39, 0.29) is 11.7 Å². The number of hydrogen-bond donors (Lipinski definition) is 0. The maximum Gasteiger partial charge on any atom is 0.179 e. The molecule has 16 heavy (non-hydrogen) atoms. The molecule has 0 bridgehead atoms. The van der Waals surface area contributed by atoms with E-state index in [4.69, 9.17) is 11.6 Å². The minimum atomic E-state index is -0.0338. The van der Waals surface area contributed by atoms with Gasteiger partial charge in [-0.3, -0.25) is 4.79 Å². The lowest BCUT2D eigenvalue weighted by Gasteiger charge is -2.02. The fraction of sp³-hybridized carbons (Fsp3) is 0.154. The number of benzene rings is 1. The Morgan fingerprint density at radius 3 is 2.62 bits per heavy atom. The number of halogens is 1. The summed E-state index contributed by atoms with van der Waals surface area (Å²) in [5.41, 5.74) is 1.88. The Labute approximate surface area is 99.5 Å². The van der Waals surface area contributed by atoms with Gasteiger partial charge in [0.2, 0.25) is 0 Å². The summed E-state index contributed by atoms with van der Waals surface area (Å²) in [7, 11) is 0. The van der Waals surface area contributed by atoms with Gasteiger partial charge in [-0.05, 0) is 11.6 Å². The van der Waals surface area contributed by atoms with Gasteiger partial charge >= 0.3 is 0 Å². The Balaban J connectivity index is 2.12. The molecule has 0 amide bonds. The van der Waals surface area contributed by atoms with E-state index >= 15 is 0 Å². The van der Waals surface area contributed by atoms with Crippen LogP contribution in [-0.2, 0) is 6.54 Å². The zero-order valence-corrected chi connectivity index (χ0v) is 9.52. The van der Waals surface area contributed by atoms with E-state index in [1.165, 1.54) is 5.56 Å². The maximum atomic E-state index is 11.3. The first-order chi connectivity index (χ1) is 7.79. The molecule has 1 heterocycles. The van der Waals surface area contributed by atoms with Crippen molar-refractivity contribution in [3.63, 3.8) is 0 Å². The van der Waals surface area contributed by atoms with Crippen LogP contribution in [0.15, 0.2) is 48.8 Å². The molecule has 0 atom stereocenters. The second-order valence-corrected chi connectivity index (χ2v) is 3.88. The second-order valence-electron chi connectivity index (χ2n) is 3.61. The van der Waals surface area contributed by atoms with E-state index in [9.17, 15) is 4.79 Å². The highest BCUT2D eigenvalue weighted by Gasteiger charge is 2.05. The molecule has 0 aliphatic rings. The quantitative estimate of drug-likeness (QED) is 0.588. The fourth-order valence-electron chi connectivity index (χ4n) is 1.58. The minimum Gasteiger partial charge on any atom is -0.349 e. The van der Waals surface area contributed by atoms with Crippen LogP contribution in [0.3, 0.4) is 0 Å². The van der Waals surface area contributed by atoms with Crippen LogP contribution in [0.1, 0.15) is 15.9 Å². The zero-order chi connectivity index (χ0) is 11.4. The Morgan fingerprint density at radius 2 is 1.94 bits per heavy atom. The Kier molecular flexibility index (Phi) is 3.42. The molecule has 82 valence electrons. The third-order valence-electron chi connectivity index (χ3n) is 2.40. The standard InChI is InChI=1S/C13H12ClNO/c14-8-13(16)12-6-7-15(10-12)9-11-4-2-1-3-5-11/h1-7,10H,8-9H2. The highest BCUT2D eigenvalue weighted by Crippen LogP contribution is 2.07. The van der Waals surface area contributed by atoms with Crippen molar-refractivity contribution in [2.24, 2.45) is 0 Å². The van der Waals surface area contributed by atoms with Crippen LogP contribution in [0, 0.1) is 0 Å². The van der Waals surface area contributed by atoms with Crippen molar-refractivity contribution in [3.8, 4) is 0 Å². The van der Waals surface area contributed by atoms with E-state index in [1.807, 2.05) is 35.2 Å². The zero-order valence-electron chi connectivity index (χ0n) is 8.77. The molecule has 1 aromatic heterocycles. The number of carbonyl (C=O) groups excluding carboxylic acids is 1. The first kappa shape index (κ1) is 11.0. The van der Waals surface area contributed by atoms with Crippen LogP contribution in [0.4, 0.5) is 0 Å². The van der Waals surface area contributed by atoms with Crippen molar-refractivity contribution < 1.29 is 4.79 Å². The Morgan fingerprint density at radius 1 is 1.19 bits per heavy atom. The number of alkyl halides is 1. The molecular formula is C13H12ClNO. The summed E-state index contributed by atoms with van der Waals surface area (Å²) in [6, 6.07) is 11.9. The summed E-state index contributed by atoms with van der Waals surface area (Å²) < 4.78 is 1.98. The monoisotopic (exact) mass is 233 g/mol. The summed E-state index contributed by atoms with van der Waals surface area (Å²) in [4.78, 5) is 11.3. The molecule has 0 saturated carbocycles. The average Bonchev–Trinajstić information content (AvgIpc) is 2.78. The number of rotatable bonds is 4. The molecule has 0 unspecified atom stereocenters. The van der Waals surface area contributed by atoms with E-state index in [1.54, 1.807) is 6.07 Å². The highest BCUT2D eigenvalue weighted by atomic mass is 35.5. The van der Waals surface area contributed by atoms with Gasteiger partial charge in [0.1, 0.15) is 0 Å². The lowest BCUT2D eigenvalue weighted by Crippen LogP contribution is -1.99. The van der Waals surface area contributed by atoms with Gasteiger partial charge in [-0.1, -0.05) is 30.3 Å². The number of ketones is 1. The molecule has 2 aromatic rings. The van der Waals surface area contributed by atoms with Crippen LogP contribution >= 0.6 is 11.6 Å². The molecule has 0 spiro atoms. The lowest BCUT2D eigenvalue weighted by atomic mass is 10.2. The first-order valence-electron chi connectivity index (χ1n) is 5.08. The van der Waals surface area contributed by atoms with Gasteiger partial charge in [-0.25, -0.2) is 0 Å². The van der Waals surface area contributed by atoms with Crippen LogP contribution in [0.25, 0.3) is 0 Å².